The fourth-order valence-electron chi connectivity index (χ4n) is 3.26. The number of anilines is 1. The molecule has 2 aromatic carbocycles. The topological polar surface area (TPSA) is 76.7 Å². The van der Waals surface area contributed by atoms with Crippen molar-refractivity contribution in [3.63, 3.8) is 0 Å². The summed E-state index contributed by atoms with van der Waals surface area (Å²) in [5.74, 6) is 0.154. The Kier molecular flexibility index (Phi) is 5.40. The predicted octanol–water partition coefficient (Wildman–Crippen LogP) is 2.03. The van der Waals surface area contributed by atoms with Gasteiger partial charge in [0.15, 0.2) is 0 Å². The molecule has 2 aromatic rings. The van der Waals surface area contributed by atoms with Crippen molar-refractivity contribution < 1.29 is 14.6 Å². The highest BCUT2D eigenvalue weighted by Gasteiger charge is 2.27. The van der Waals surface area contributed by atoms with Crippen LogP contribution in [-0.4, -0.2) is 23.9 Å². The number of hydrogen-bond acceptors (Lipinski definition) is 3. The highest BCUT2D eigenvalue weighted by atomic mass is 16.6. The van der Waals surface area contributed by atoms with Gasteiger partial charge < -0.3 is 10.2 Å². The molecule has 1 amide bonds. The summed E-state index contributed by atoms with van der Waals surface area (Å²) in [6.45, 7) is 2.71. The number of nitrogens with zero attached hydrogens (tertiary/aromatic N) is 1. The van der Waals surface area contributed by atoms with Gasteiger partial charge >= 0.3 is 0 Å². The molecule has 0 spiro atoms. The third-order valence-corrected chi connectivity index (χ3v) is 4.71. The number of rotatable bonds is 5. The number of likely N-dealkylation sites (tertiary alicyclic amines) is 1. The van der Waals surface area contributed by atoms with Crippen LogP contribution < -0.4 is 10.2 Å². The number of amides is 1. The number of para-hydroxylation sites is 1. The van der Waals surface area contributed by atoms with Gasteiger partial charge in [0.2, 0.25) is 5.91 Å². The molecule has 0 saturated carbocycles. The zero-order valence-corrected chi connectivity index (χ0v) is 14.0. The van der Waals surface area contributed by atoms with Crippen LogP contribution in [0.5, 0.6) is 0 Å². The summed E-state index contributed by atoms with van der Waals surface area (Å²) >= 11 is 0. The molecule has 130 valence electrons. The summed E-state index contributed by atoms with van der Waals surface area (Å²) < 4.78 is 0. The quantitative estimate of drug-likeness (QED) is 0.646. The Bertz CT molecular complexity index is 723. The van der Waals surface area contributed by atoms with Gasteiger partial charge in [0.25, 0.3) is 5.69 Å². The lowest BCUT2D eigenvalue weighted by Gasteiger charge is -2.28. The molecule has 25 heavy (non-hydrogen) atoms. The van der Waals surface area contributed by atoms with Crippen molar-refractivity contribution in [2.75, 3.05) is 18.4 Å². The van der Waals surface area contributed by atoms with Gasteiger partial charge in [-0.25, -0.2) is 0 Å². The molecule has 1 aliphatic heterocycles. The monoisotopic (exact) mass is 340 g/mol. The van der Waals surface area contributed by atoms with Crippen LogP contribution in [0.3, 0.4) is 0 Å². The van der Waals surface area contributed by atoms with Gasteiger partial charge in [0.05, 0.1) is 18.0 Å². The molecule has 1 saturated heterocycles. The number of benzene rings is 2. The van der Waals surface area contributed by atoms with E-state index in [1.807, 2.05) is 42.5 Å². The maximum absolute atomic E-state index is 12.3. The summed E-state index contributed by atoms with van der Waals surface area (Å²) in [7, 11) is 0. The molecule has 0 unspecified atom stereocenters. The molecule has 1 heterocycles. The Morgan fingerprint density at radius 2 is 1.72 bits per heavy atom. The summed E-state index contributed by atoms with van der Waals surface area (Å²) in [5, 5.41) is 13.7. The Labute approximate surface area is 146 Å². The summed E-state index contributed by atoms with van der Waals surface area (Å²) in [6, 6.07) is 16.3. The van der Waals surface area contributed by atoms with E-state index in [0.717, 1.165) is 43.7 Å². The molecule has 0 radical (unpaired) electrons. The summed E-state index contributed by atoms with van der Waals surface area (Å²) in [6.07, 6.45) is 1.72. The summed E-state index contributed by atoms with van der Waals surface area (Å²) in [4.78, 5) is 24.1. The fourth-order valence-corrected chi connectivity index (χ4v) is 3.26. The highest BCUT2D eigenvalue weighted by molar-refractivity contribution is 5.92. The van der Waals surface area contributed by atoms with Crippen LogP contribution in [0, 0.1) is 16.0 Å². The van der Waals surface area contributed by atoms with Gasteiger partial charge in [-0.2, -0.15) is 0 Å². The van der Waals surface area contributed by atoms with E-state index in [1.165, 1.54) is 4.90 Å². The van der Waals surface area contributed by atoms with Crippen LogP contribution in [0.4, 0.5) is 11.4 Å². The van der Waals surface area contributed by atoms with Crippen molar-refractivity contribution in [1.29, 1.82) is 0 Å². The van der Waals surface area contributed by atoms with Crippen LogP contribution in [0.2, 0.25) is 0 Å². The number of piperidine rings is 1. The van der Waals surface area contributed by atoms with Crippen LogP contribution in [0.1, 0.15) is 18.4 Å². The van der Waals surface area contributed by atoms with Gasteiger partial charge in [-0.3, -0.25) is 14.9 Å². The number of carbonyl (C=O) groups excluding carboxylic acids is 1. The van der Waals surface area contributed by atoms with Crippen molar-refractivity contribution in [2.24, 2.45) is 5.92 Å². The second kappa shape index (κ2) is 7.90. The minimum Gasteiger partial charge on any atom is -0.331 e. The lowest BCUT2D eigenvalue weighted by atomic mass is 9.95. The molecular weight excluding hydrogens is 318 g/mol. The Hall–Kier alpha value is -2.73. The molecule has 3 rings (SSSR count). The first-order valence-corrected chi connectivity index (χ1v) is 8.54. The van der Waals surface area contributed by atoms with E-state index < -0.39 is 0 Å². The standard InChI is InChI=1S/C19H21N3O3/c23-19(20-17-4-2-1-3-5-17)16-10-12-21(13-11-16)14-15-6-8-18(9-7-15)22(24)25/h1-9,16H,10-14H2,(H,20,23)/p+1. The van der Waals surface area contributed by atoms with Gasteiger partial charge in [-0.05, 0) is 24.3 Å². The maximum atomic E-state index is 12.3. The Morgan fingerprint density at radius 3 is 2.32 bits per heavy atom. The van der Waals surface area contributed by atoms with Crippen molar-refractivity contribution in [1.82, 2.24) is 0 Å². The largest absolute Gasteiger partial charge is 0.331 e. The van der Waals surface area contributed by atoms with E-state index in [2.05, 4.69) is 5.32 Å². The van der Waals surface area contributed by atoms with Gasteiger partial charge in [0.1, 0.15) is 6.54 Å². The van der Waals surface area contributed by atoms with E-state index in [-0.39, 0.29) is 22.4 Å². The lowest BCUT2D eigenvalue weighted by molar-refractivity contribution is -0.919. The minimum atomic E-state index is -0.381. The van der Waals surface area contributed by atoms with Gasteiger partial charge in [-0.1, -0.05) is 18.2 Å². The molecule has 0 atom stereocenters. The average molecular weight is 340 g/mol. The van der Waals surface area contributed by atoms with Crippen LogP contribution in [0.15, 0.2) is 54.6 Å². The number of hydrogen-bond donors (Lipinski definition) is 2. The van der Waals surface area contributed by atoms with E-state index in [9.17, 15) is 14.9 Å². The normalized spacial score (nSPS) is 20.0. The number of quaternary nitrogens is 1. The third kappa shape index (κ3) is 4.64. The number of carbonyl (C=O) groups is 1. The Balaban J connectivity index is 1.48. The second-order valence-electron chi connectivity index (χ2n) is 6.48. The lowest BCUT2D eigenvalue weighted by Crippen LogP contribution is -3.11. The molecule has 6 nitrogen and oxygen atoms in total. The van der Waals surface area contributed by atoms with Crippen molar-refractivity contribution in [2.45, 2.75) is 19.4 Å². The van der Waals surface area contributed by atoms with Crippen molar-refractivity contribution in [3.05, 3.63) is 70.3 Å². The second-order valence-corrected chi connectivity index (χ2v) is 6.48. The van der Waals surface area contributed by atoms with Crippen LogP contribution >= 0.6 is 0 Å². The van der Waals surface area contributed by atoms with E-state index in [0.29, 0.717) is 0 Å². The SMILES string of the molecule is O=C(Nc1ccccc1)C1CC[NH+](Cc2ccc([N+](=O)[O-])cc2)CC1. The number of nitro benzene ring substituents is 1. The minimum absolute atomic E-state index is 0.0563. The molecule has 2 N–H and O–H groups in total. The molecule has 0 aromatic heterocycles. The molecule has 1 fully saturated rings. The van der Waals surface area contributed by atoms with E-state index in [4.69, 9.17) is 0 Å². The number of nitrogens with one attached hydrogen (secondary N) is 2. The summed E-state index contributed by atoms with van der Waals surface area (Å²) in [5.41, 5.74) is 2.05. The fraction of sp³-hybridized carbons (Fsp3) is 0.316. The van der Waals surface area contributed by atoms with Crippen molar-refractivity contribution >= 4 is 17.3 Å². The zero-order chi connectivity index (χ0) is 17.6. The molecule has 0 bridgehead atoms. The van der Waals surface area contributed by atoms with E-state index >= 15 is 0 Å². The first kappa shape index (κ1) is 17.1. The molecule has 1 aliphatic rings. The highest BCUT2D eigenvalue weighted by Crippen LogP contribution is 2.15. The third-order valence-electron chi connectivity index (χ3n) is 4.71. The molecule has 0 aliphatic carbocycles. The smallest absolute Gasteiger partial charge is 0.269 e. The van der Waals surface area contributed by atoms with E-state index in [1.54, 1.807) is 12.1 Å². The average Bonchev–Trinajstić information content (AvgIpc) is 2.63. The zero-order valence-electron chi connectivity index (χ0n) is 14.0. The molecular formula is C19H22N3O3+. The number of nitro groups is 1. The van der Waals surface area contributed by atoms with Gasteiger partial charge in [-0.15, -0.1) is 0 Å². The first-order valence-electron chi connectivity index (χ1n) is 8.54. The predicted molar refractivity (Wildman–Crippen MR) is 95.3 cm³/mol. The van der Waals surface area contributed by atoms with Gasteiger partial charge in [0, 0.05) is 42.1 Å². The Morgan fingerprint density at radius 1 is 1.08 bits per heavy atom. The maximum Gasteiger partial charge on any atom is 0.269 e. The van der Waals surface area contributed by atoms with Crippen LogP contribution in [-0.2, 0) is 11.3 Å². The first-order chi connectivity index (χ1) is 12.1. The van der Waals surface area contributed by atoms with Crippen LogP contribution in [0.25, 0.3) is 0 Å². The number of non-ortho nitro benzene ring substituents is 1. The van der Waals surface area contributed by atoms with Crippen molar-refractivity contribution in [3.8, 4) is 0 Å². The molecule has 6 heteroatoms.